The summed E-state index contributed by atoms with van der Waals surface area (Å²) < 4.78 is 33.7. The van der Waals surface area contributed by atoms with Crippen molar-refractivity contribution in [3.63, 3.8) is 0 Å². The van der Waals surface area contributed by atoms with Crippen LogP contribution in [0.1, 0.15) is 6.42 Å². The summed E-state index contributed by atoms with van der Waals surface area (Å²) in [6.45, 7) is -0.670. The first-order valence-electron chi connectivity index (χ1n) is 7.43. The summed E-state index contributed by atoms with van der Waals surface area (Å²) in [4.78, 5) is 10.6. The first-order valence-corrected chi connectivity index (χ1v) is 8.51. The van der Waals surface area contributed by atoms with Gasteiger partial charge in [-0.1, -0.05) is 0 Å². The van der Waals surface area contributed by atoms with Gasteiger partial charge in [-0.05, 0) is 40.8 Å². The van der Waals surface area contributed by atoms with E-state index in [2.05, 4.69) is 5.32 Å². The Kier molecular flexibility index (Phi) is 7.06. The molecule has 10 heteroatoms. The zero-order chi connectivity index (χ0) is 19.3. The van der Waals surface area contributed by atoms with Gasteiger partial charge in [0.05, 0.1) is 29.9 Å². The van der Waals surface area contributed by atoms with E-state index in [4.69, 9.17) is 9.84 Å². The number of halogens is 3. The van der Waals surface area contributed by atoms with E-state index >= 15 is 0 Å². The lowest BCUT2D eigenvalue weighted by Crippen LogP contribution is -2.16. The molecule has 0 aliphatic rings. The number of anilines is 2. The summed E-state index contributed by atoms with van der Waals surface area (Å²) in [5, 5.41) is 32.0. The van der Waals surface area contributed by atoms with Crippen molar-refractivity contribution in [1.82, 2.24) is 0 Å². The number of nitro groups is 1. The third kappa shape index (κ3) is 5.22. The van der Waals surface area contributed by atoms with Crippen LogP contribution in [0.3, 0.4) is 0 Å². The summed E-state index contributed by atoms with van der Waals surface area (Å²) in [6, 6.07) is 5.89. The SMILES string of the molecule is O=[N+]([O-])c1c(Nc2ccc(I)cc2F)cc(F)cc1OCCC(O)CO. The van der Waals surface area contributed by atoms with Gasteiger partial charge in [-0.3, -0.25) is 10.1 Å². The molecule has 1 atom stereocenters. The van der Waals surface area contributed by atoms with Crippen molar-refractivity contribution in [2.75, 3.05) is 18.5 Å². The molecule has 0 amide bonds. The van der Waals surface area contributed by atoms with Crippen LogP contribution < -0.4 is 10.1 Å². The lowest BCUT2D eigenvalue weighted by Gasteiger charge is -2.13. The molecule has 0 aromatic heterocycles. The van der Waals surface area contributed by atoms with E-state index in [9.17, 15) is 24.0 Å². The molecule has 26 heavy (non-hydrogen) atoms. The molecule has 0 bridgehead atoms. The summed E-state index contributed by atoms with van der Waals surface area (Å²) in [5.41, 5.74) is -0.892. The Labute approximate surface area is 160 Å². The van der Waals surface area contributed by atoms with E-state index in [0.717, 1.165) is 12.1 Å². The number of benzene rings is 2. The number of ether oxygens (including phenoxy) is 1. The quantitative estimate of drug-likeness (QED) is 0.304. The second-order valence-corrected chi connectivity index (χ2v) is 6.53. The van der Waals surface area contributed by atoms with Crippen LogP contribution in [0.4, 0.5) is 25.8 Å². The first kappa shape index (κ1) is 20.3. The van der Waals surface area contributed by atoms with Crippen LogP contribution in [0.15, 0.2) is 30.3 Å². The van der Waals surface area contributed by atoms with Crippen LogP contribution in [-0.2, 0) is 0 Å². The van der Waals surface area contributed by atoms with Crippen molar-refractivity contribution >= 4 is 39.7 Å². The Balaban J connectivity index is 2.34. The van der Waals surface area contributed by atoms with E-state index in [0.29, 0.717) is 3.57 Å². The molecule has 0 aliphatic heterocycles. The van der Waals surface area contributed by atoms with Crippen molar-refractivity contribution in [3.05, 3.63) is 55.7 Å². The van der Waals surface area contributed by atoms with Crippen molar-refractivity contribution in [2.45, 2.75) is 12.5 Å². The van der Waals surface area contributed by atoms with Crippen molar-refractivity contribution in [3.8, 4) is 5.75 Å². The van der Waals surface area contributed by atoms with Crippen LogP contribution >= 0.6 is 22.6 Å². The molecule has 140 valence electrons. The van der Waals surface area contributed by atoms with Crippen LogP contribution in [0.5, 0.6) is 5.75 Å². The monoisotopic (exact) mass is 480 g/mol. The normalized spacial score (nSPS) is 11.9. The maximum Gasteiger partial charge on any atom is 0.334 e. The summed E-state index contributed by atoms with van der Waals surface area (Å²) in [6.07, 6.45) is -1.06. The molecule has 0 heterocycles. The number of nitro benzene ring substituents is 1. The molecule has 2 rings (SSSR count). The van der Waals surface area contributed by atoms with Gasteiger partial charge < -0.3 is 20.3 Å². The summed E-state index contributed by atoms with van der Waals surface area (Å²) >= 11 is 1.91. The van der Waals surface area contributed by atoms with E-state index in [-0.39, 0.29) is 30.2 Å². The Morgan fingerprint density at radius 3 is 2.62 bits per heavy atom. The topological polar surface area (TPSA) is 105 Å². The van der Waals surface area contributed by atoms with E-state index in [1.54, 1.807) is 6.07 Å². The smallest absolute Gasteiger partial charge is 0.334 e. The van der Waals surface area contributed by atoms with Crippen molar-refractivity contribution < 1.29 is 28.7 Å². The minimum absolute atomic E-state index is 0.00131. The summed E-state index contributed by atoms with van der Waals surface area (Å²) in [7, 11) is 0. The predicted molar refractivity (Wildman–Crippen MR) is 98.7 cm³/mol. The second kappa shape index (κ2) is 9.05. The third-order valence-electron chi connectivity index (χ3n) is 3.34. The number of aliphatic hydroxyl groups excluding tert-OH is 2. The second-order valence-electron chi connectivity index (χ2n) is 5.28. The number of nitrogens with one attached hydrogen (secondary N) is 1. The van der Waals surface area contributed by atoms with E-state index < -0.39 is 35.0 Å². The van der Waals surface area contributed by atoms with Crippen LogP contribution in [0, 0.1) is 25.3 Å². The predicted octanol–water partition coefficient (Wildman–Crippen LogP) is 3.34. The van der Waals surface area contributed by atoms with Gasteiger partial charge in [-0.25, -0.2) is 8.78 Å². The molecule has 2 aromatic rings. The maximum atomic E-state index is 14.0. The number of aliphatic hydroxyl groups is 2. The summed E-state index contributed by atoms with van der Waals surface area (Å²) in [5.74, 6) is -1.83. The molecule has 0 fully saturated rings. The minimum atomic E-state index is -1.05. The van der Waals surface area contributed by atoms with Gasteiger partial charge in [0, 0.05) is 22.1 Å². The van der Waals surface area contributed by atoms with Gasteiger partial charge in [-0.15, -0.1) is 0 Å². The number of hydrogen-bond donors (Lipinski definition) is 3. The highest BCUT2D eigenvalue weighted by atomic mass is 127. The van der Waals surface area contributed by atoms with Crippen LogP contribution in [0.2, 0.25) is 0 Å². The lowest BCUT2D eigenvalue weighted by molar-refractivity contribution is -0.385. The molecule has 0 saturated heterocycles. The van der Waals surface area contributed by atoms with Gasteiger partial charge in [0.2, 0.25) is 5.75 Å². The zero-order valence-electron chi connectivity index (χ0n) is 13.3. The number of hydrogen-bond acceptors (Lipinski definition) is 6. The highest BCUT2D eigenvalue weighted by molar-refractivity contribution is 14.1. The fraction of sp³-hybridized carbons (Fsp3) is 0.250. The average Bonchev–Trinajstić information content (AvgIpc) is 2.56. The van der Waals surface area contributed by atoms with Crippen LogP contribution in [0.25, 0.3) is 0 Å². The molecule has 7 nitrogen and oxygen atoms in total. The Bertz CT molecular complexity index is 806. The first-order chi connectivity index (χ1) is 12.3. The van der Waals surface area contributed by atoms with Gasteiger partial charge in [0.15, 0.2) is 0 Å². The molecular weight excluding hydrogens is 465 g/mol. The Morgan fingerprint density at radius 1 is 1.27 bits per heavy atom. The zero-order valence-corrected chi connectivity index (χ0v) is 15.4. The molecule has 1 unspecified atom stereocenters. The van der Waals surface area contributed by atoms with Gasteiger partial charge in [-0.2, -0.15) is 0 Å². The van der Waals surface area contributed by atoms with Gasteiger partial charge >= 0.3 is 5.69 Å². The largest absolute Gasteiger partial charge is 0.487 e. The fourth-order valence-electron chi connectivity index (χ4n) is 2.10. The Morgan fingerprint density at radius 2 is 2.00 bits per heavy atom. The lowest BCUT2D eigenvalue weighted by atomic mass is 10.2. The van der Waals surface area contributed by atoms with Gasteiger partial charge in [0.25, 0.3) is 0 Å². The highest BCUT2D eigenvalue weighted by Crippen LogP contribution is 2.38. The molecule has 2 aromatic carbocycles. The minimum Gasteiger partial charge on any atom is -0.487 e. The standard InChI is InChI=1S/C16H15F2IN2O5/c17-9-5-14(20-13-2-1-10(19)7-12(13)18)16(21(24)25)15(6-9)26-4-3-11(23)8-22/h1-2,5-7,11,20,22-23H,3-4,8H2. The average molecular weight is 480 g/mol. The Hall–Kier alpha value is -2.05. The molecule has 3 N–H and O–H groups in total. The molecule has 0 aliphatic carbocycles. The maximum absolute atomic E-state index is 14.0. The van der Waals surface area contributed by atoms with Crippen LogP contribution in [-0.4, -0.2) is 34.5 Å². The molecule has 0 radical (unpaired) electrons. The van der Waals surface area contributed by atoms with Crippen molar-refractivity contribution in [1.29, 1.82) is 0 Å². The number of rotatable bonds is 8. The molecule has 0 saturated carbocycles. The molecule has 0 spiro atoms. The van der Waals surface area contributed by atoms with Gasteiger partial charge in [0.1, 0.15) is 17.3 Å². The van der Waals surface area contributed by atoms with E-state index in [1.165, 1.54) is 12.1 Å². The third-order valence-corrected chi connectivity index (χ3v) is 4.01. The molecular formula is C16H15F2IN2O5. The van der Waals surface area contributed by atoms with Crippen molar-refractivity contribution in [2.24, 2.45) is 0 Å². The highest BCUT2D eigenvalue weighted by Gasteiger charge is 2.24. The number of nitrogens with zero attached hydrogens (tertiary/aromatic N) is 1. The van der Waals surface area contributed by atoms with E-state index in [1.807, 2.05) is 22.6 Å². The fourth-order valence-corrected chi connectivity index (χ4v) is 2.55.